The highest BCUT2D eigenvalue weighted by atomic mass is 14.8. The lowest BCUT2D eigenvalue weighted by atomic mass is 10.4. The molecule has 3 heteroatoms. The molecule has 0 unspecified atom stereocenters. The van der Waals surface area contributed by atoms with Crippen molar-refractivity contribution in [2.75, 3.05) is 0 Å². The Labute approximate surface area is 54.4 Å². The number of aromatic amines is 1. The zero-order valence-electron chi connectivity index (χ0n) is 4.31. The fourth-order valence-corrected chi connectivity index (χ4v) is 0.498. The molecule has 0 aliphatic rings. The number of nitrogens with one attached hydrogen (secondary N) is 2. The number of amidine groups is 1. The van der Waals surface area contributed by atoms with Crippen molar-refractivity contribution in [1.29, 1.82) is 5.41 Å². The van der Waals surface area contributed by atoms with Crippen molar-refractivity contribution in [1.82, 2.24) is 4.98 Å². The number of nitrogen functional groups attached to an aromatic ring is 1. The molecule has 1 rings (SSSR count). The van der Waals surface area contributed by atoms with Gasteiger partial charge in [0.05, 0.1) is 5.69 Å². The summed E-state index contributed by atoms with van der Waals surface area (Å²) in [5, 5.41) is 6.90. The lowest BCUT2D eigenvalue weighted by molar-refractivity contribution is 1.31. The first-order valence-corrected chi connectivity index (χ1v) is 2.28. The molecule has 0 aromatic carbocycles. The maximum atomic E-state index is 6.90. The third kappa shape index (κ3) is 1.60. The molecule has 4 N–H and O–H groups in total. The smallest absolute Gasteiger partial charge is 0.139 e. The summed E-state index contributed by atoms with van der Waals surface area (Å²) >= 11 is 0. The standard InChI is InChI=1S/C5H7N3.CH4/c6-5(7)4-2-1-3-8-4;/h1-3,8H,(H3,6,7);1H4. The van der Waals surface area contributed by atoms with Crippen LogP contribution >= 0.6 is 0 Å². The zero-order valence-corrected chi connectivity index (χ0v) is 4.31. The van der Waals surface area contributed by atoms with Gasteiger partial charge in [0.15, 0.2) is 0 Å². The monoisotopic (exact) mass is 125 g/mol. The van der Waals surface area contributed by atoms with Crippen LogP contribution in [0.2, 0.25) is 0 Å². The van der Waals surface area contributed by atoms with Crippen molar-refractivity contribution < 1.29 is 0 Å². The highest BCUT2D eigenvalue weighted by Gasteiger charge is 1.90. The Bertz CT molecular complexity index is 176. The lowest BCUT2D eigenvalue weighted by Crippen LogP contribution is -2.10. The first-order valence-electron chi connectivity index (χ1n) is 2.28. The highest BCUT2D eigenvalue weighted by Crippen LogP contribution is 1.89. The van der Waals surface area contributed by atoms with Crippen molar-refractivity contribution >= 4 is 5.84 Å². The molecular weight excluding hydrogens is 114 g/mol. The third-order valence-electron chi connectivity index (χ3n) is 0.888. The Kier molecular flexibility index (Phi) is 2.51. The van der Waals surface area contributed by atoms with Gasteiger partial charge in [-0.05, 0) is 12.1 Å². The minimum Gasteiger partial charge on any atom is -0.382 e. The van der Waals surface area contributed by atoms with Gasteiger partial charge in [0.25, 0.3) is 0 Å². The predicted octanol–water partition coefficient (Wildman–Crippen LogP) is 0.935. The first kappa shape index (κ1) is 7.75. The van der Waals surface area contributed by atoms with Crippen LogP contribution in [0.3, 0.4) is 0 Å². The molecule has 0 atom stereocenters. The minimum atomic E-state index is 0. The summed E-state index contributed by atoms with van der Waals surface area (Å²) in [6, 6.07) is 3.55. The summed E-state index contributed by atoms with van der Waals surface area (Å²) in [7, 11) is 0. The van der Waals surface area contributed by atoms with Crippen LogP contribution in [0.25, 0.3) is 0 Å². The summed E-state index contributed by atoms with van der Waals surface area (Å²) in [4.78, 5) is 2.79. The number of aromatic nitrogens is 1. The molecule has 0 amide bonds. The van der Waals surface area contributed by atoms with Crippen LogP contribution in [-0.4, -0.2) is 10.8 Å². The Morgan fingerprint density at radius 3 is 2.56 bits per heavy atom. The van der Waals surface area contributed by atoms with Gasteiger partial charge in [0.2, 0.25) is 0 Å². The fourth-order valence-electron chi connectivity index (χ4n) is 0.498. The first-order chi connectivity index (χ1) is 3.80. The van der Waals surface area contributed by atoms with Crippen molar-refractivity contribution in [3.05, 3.63) is 24.0 Å². The van der Waals surface area contributed by atoms with Crippen molar-refractivity contribution in [3.8, 4) is 0 Å². The normalized spacial score (nSPS) is 8.00. The van der Waals surface area contributed by atoms with Crippen LogP contribution in [0.15, 0.2) is 18.3 Å². The minimum absolute atomic E-state index is 0. The van der Waals surface area contributed by atoms with Gasteiger partial charge in [-0.1, -0.05) is 7.43 Å². The predicted molar refractivity (Wildman–Crippen MR) is 38.5 cm³/mol. The largest absolute Gasteiger partial charge is 0.382 e. The Morgan fingerprint density at radius 1 is 1.67 bits per heavy atom. The topological polar surface area (TPSA) is 65.7 Å². The van der Waals surface area contributed by atoms with E-state index in [0.29, 0.717) is 5.69 Å². The van der Waals surface area contributed by atoms with Gasteiger partial charge < -0.3 is 10.7 Å². The van der Waals surface area contributed by atoms with E-state index >= 15 is 0 Å². The van der Waals surface area contributed by atoms with Gasteiger partial charge >= 0.3 is 0 Å². The molecule has 1 heterocycles. The molecule has 0 saturated carbocycles. The number of hydrogen-bond donors (Lipinski definition) is 3. The summed E-state index contributed by atoms with van der Waals surface area (Å²) in [5.41, 5.74) is 5.78. The molecule has 0 aliphatic heterocycles. The maximum absolute atomic E-state index is 6.90. The van der Waals surface area contributed by atoms with Crippen LogP contribution in [0, 0.1) is 5.41 Å². The van der Waals surface area contributed by atoms with Crippen LogP contribution in [-0.2, 0) is 0 Å². The molecular formula is C6H11N3. The van der Waals surface area contributed by atoms with Crippen LogP contribution in [0.1, 0.15) is 13.1 Å². The molecule has 3 nitrogen and oxygen atoms in total. The quantitative estimate of drug-likeness (QED) is 0.379. The average Bonchev–Trinajstić information content (AvgIpc) is 2.12. The van der Waals surface area contributed by atoms with E-state index < -0.39 is 0 Å². The molecule has 9 heavy (non-hydrogen) atoms. The van der Waals surface area contributed by atoms with Crippen molar-refractivity contribution in [3.63, 3.8) is 0 Å². The van der Waals surface area contributed by atoms with Crippen LogP contribution in [0.5, 0.6) is 0 Å². The second-order valence-electron chi connectivity index (χ2n) is 1.50. The zero-order chi connectivity index (χ0) is 5.98. The summed E-state index contributed by atoms with van der Waals surface area (Å²) in [5.74, 6) is 0.0787. The van der Waals surface area contributed by atoms with E-state index in [1.54, 1.807) is 18.3 Å². The van der Waals surface area contributed by atoms with E-state index in [2.05, 4.69) is 4.98 Å². The fraction of sp³-hybridized carbons (Fsp3) is 0.167. The Hall–Kier alpha value is -1.25. The Morgan fingerprint density at radius 2 is 2.33 bits per heavy atom. The molecule has 1 aromatic rings. The lowest BCUT2D eigenvalue weighted by Gasteiger charge is -1.86. The van der Waals surface area contributed by atoms with E-state index in [4.69, 9.17) is 11.1 Å². The van der Waals surface area contributed by atoms with Crippen LogP contribution in [0.4, 0.5) is 0 Å². The third-order valence-corrected chi connectivity index (χ3v) is 0.888. The average molecular weight is 125 g/mol. The molecule has 0 fully saturated rings. The maximum Gasteiger partial charge on any atom is 0.139 e. The molecule has 0 aliphatic carbocycles. The van der Waals surface area contributed by atoms with Crippen molar-refractivity contribution in [2.45, 2.75) is 7.43 Å². The summed E-state index contributed by atoms with van der Waals surface area (Å²) in [6.07, 6.45) is 1.73. The Balaban J connectivity index is 0.000000640. The van der Waals surface area contributed by atoms with E-state index in [1.807, 2.05) is 0 Å². The van der Waals surface area contributed by atoms with Gasteiger partial charge in [0, 0.05) is 6.20 Å². The van der Waals surface area contributed by atoms with E-state index in [1.165, 1.54) is 0 Å². The summed E-state index contributed by atoms with van der Waals surface area (Å²) in [6.45, 7) is 0. The molecule has 0 radical (unpaired) electrons. The van der Waals surface area contributed by atoms with Gasteiger partial charge in [-0.25, -0.2) is 0 Å². The van der Waals surface area contributed by atoms with E-state index in [9.17, 15) is 0 Å². The SMILES string of the molecule is C.N=C(N)c1ccc[nH]1. The van der Waals surface area contributed by atoms with Gasteiger partial charge in [0.1, 0.15) is 5.84 Å². The number of H-pyrrole nitrogens is 1. The second kappa shape index (κ2) is 2.91. The molecule has 0 spiro atoms. The van der Waals surface area contributed by atoms with Crippen molar-refractivity contribution in [2.24, 2.45) is 5.73 Å². The van der Waals surface area contributed by atoms with Gasteiger partial charge in [-0.3, -0.25) is 5.41 Å². The highest BCUT2D eigenvalue weighted by molar-refractivity contribution is 5.92. The number of hydrogen-bond acceptors (Lipinski definition) is 1. The van der Waals surface area contributed by atoms with E-state index in [0.717, 1.165) is 0 Å². The molecule has 1 aromatic heterocycles. The van der Waals surface area contributed by atoms with E-state index in [-0.39, 0.29) is 13.3 Å². The van der Waals surface area contributed by atoms with Gasteiger partial charge in [-0.2, -0.15) is 0 Å². The summed E-state index contributed by atoms with van der Waals surface area (Å²) < 4.78 is 0. The number of nitrogens with two attached hydrogens (primary N) is 1. The van der Waals surface area contributed by atoms with Crippen LogP contribution < -0.4 is 5.73 Å². The molecule has 50 valence electrons. The molecule has 0 saturated heterocycles. The second-order valence-corrected chi connectivity index (χ2v) is 1.50. The number of rotatable bonds is 1. The van der Waals surface area contributed by atoms with Gasteiger partial charge in [-0.15, -0.1) is 0 Å². The molecule has 0 bridgehead atoms.